The van der Waals surface area contributed by atoms with Gasteiger partial charge in [-0.15, -0.1) is 0 Å². The van der Waals surface area contributed by atoms with Crippen molar-refractivity contribution in [3.8, 4) is 5.75 Å². The Balaban J connectivity index is 1.63. The third-order valence-electron chi connectivity index (χ3n) is 3.57. The minimum atomic E-state index is -1.01. The molecule has 25 heavy (non-hydrogen) atoms. The van der Waals surface area contributed by atoms with Crippen LogP contribution in [-0.2, 0) is 11.3 Å². The van der Waals surface area contributed by atoms with E-state index in [1.54, 1.807) is 7.11 Å². The van der Waals surface area contributed by atoms with Gasteiger partial charge in [-0.05, 0) is 48.4 Å². The summed E-state index contributed by atoms with van der Waals surface area (Å²) in [6.45, 7) is 1.53. The second-order valence-corrected chi connectivity index (χ2v) is 5.39. The molecule has 0 unspecified atom stereocenters. The predicted molar refractivity (Wildman–Crippen MR) is 93.0 cm³/mol. The van der Waals surface area contributed by atoms with Crippen molar-refractivity contribution in [1.29, 1.82) is 0 Å². The second kappa shape index (κ2) is 9.44. The van der Waals surface area contributed by atoms with Crippen molar-refractivity contribution in [2.45, 2.75) is 13.0 Å². The number of nitrogens with one attached hydrogen (secondary N) is 1. The van der Waals surface area contributed by atoms with Gasteiger partial charge in [0.15, 0.2) is 0 Å². The maximum Gasteiger partial charge on any atom is 0.335 e. The Labute approximate surface area is 146 Å². The van der Waals surface area contributed by atoms with Crippen molar-refractivity contribution in [3.05, 3.63) is 65.2 Å². The molecule has 2 aromatic rings. The van der Waals surface area contributed by atoms with E-state index in [1.165, 1.54) is 24.3 Å². The Morgan fingerprint density at radius 1 is 1.00 bits per heavy atom. The molecule has 0 saturated heterocycles. The molecule has 1 amide bonds. The first kappa shape index (κ1) is 18.5. The molecule has 0 radical (unpaired) electrons. The second-order valence-electron chi connectivity index (χ2n) is 5.39. The SMILES string of the molecule is COc1ccc(COCCCNC(=O)c2ccc(C(=O)O)cc2)cc1. The van der Waals surface area contributed by atoms with E-state index in [9.17, 15) is 9.59 Å². The number of aromatic carboxylic acids is 1. The molecule has 0 heterocycles. The number of carbonyl (C=O) groups is 2. The lowest BCUT2D eigenvalue weighted by molar-refractivity contribution is 0.0696. The average molecular weight is 343 g/mol. The zero-order chi connectivity index (χ0) is 18.1. The van der Waals surface area contributed by atoms with Gasteiger partial charge in [0.2, 0.25) is 0 Å². The van der Waals surface area contributed by atoms with Crippen molar-refractivity contribution in [2.75, 3.05) is 20.3 Å². The number of amides is 1. The molecule has 6 nitrogen and oxygen atoms in total. The van der Waals surface area contributed by atoms with Crippen LogP contribution in [0.25, 0.3) is 0 Å². The summed E-state index contributed by atoms with van der Waals surface area (Å²) in [5.74, 6) is -0.434. The van der Waals surface area contributed by atoms with Crippen molar-refractivity contribution in [2.24, 2.45) is 0 Å². The minimum Gasteiger partial charge on any atom is -0.497 e. The summed E-state index contributed by atoms with van der Waals surface area (Å²) < 4.78 is 10.7. The summed E-state index contributed by atoms with van der Waals surface area (Å²) in [7, 11) is 1.63. The van der Waals surface area contributed by atoms with Crippen LogP contribution >= 0.6 is 0 Å². The summed E-state index contributed by atoms with van der Waals surface area (Å²) in [4.78, 5) is 22.7. The standard InChI is InChI=1S/C19H21NO5/c1-24-17-9-3-14(4-10-17)13-25-12-2-11-20-18(21)15-5-7-16(8-6-15)19(22)23/h3-10H,2,11-13H2,1H3,(H,20,21)(H,22,23). The highest BCUT2D eigenvalue weighted by atomic mass is 16.5. The molecule has 0 aliphatic rings. The Morgan fingerprint density at radius 3 is 2.24 bits per heavy atom. The summed E-state index contributed by atoms with van der Waals surface area (Å²) in [6.07, 6.45) is 0.690. The molecule has 0 aliphatic carbocycles. The van der Waals surface area contributed by atoms with Crippen molar-refractivity contribution in [1.82, 2.24) is 5.32 Å². The van der Waals surface area contributed by atoms with Crippen LogP contribution in [0.2, 0.25) is 0 Å². The molecular formula is C19H21NO5. The van der Waals surface area contributed by atoms with Crippen LogP contribution in [0.1, 0.15) is 32.7 Å². The molecule has 0 aromatic heterocycles. The highest BCUT2D eigenvalue weighted by Crippen LogP contribution is 2.12. The van der Waals surface area contributed by atoms with E-state index in [4.69, 9.17) is 14.6 Å². The number of ether oxygens (including phenoxy) is 2. The van der Waals surface area contributed by atoms with E-state index in [2.05, 4.69) is 5.32 Å². The van der Waals surface area contributed by atoms with Crippen LogP contribution < -0.4 is 10.1 Å². The molecule has 0 saturated carbocycles. The number of carbonyl (C=O) groups excluding carboxylic acids is 1. The van der Waals surface area contributed by atoms with E-state index < -0.39 is 5.97 Å². The molecule has 0 atom stereocenters. The maximum atomic E-state index is 11.9. The average Bonchev–Trinajstić information content (AvgIpc) is 2.65. The van der Waals surface area contributed by atoms with Gasteiger partial charge in [0.05, 0.1) is 19.3 Å². The van der Waals surface area contributed by atoms with Gasteiger partial charge < -0.3 is 19.9 Å². The van der Waals surface area contributed by atoms with Gasteiger partial charge in [0, 0.05) is 18.7 Å². The Bertz CT molecular complexity index is 695. The molecule has 2 rings (SSSR count). The van der Waals surface area contributed by atoms with Crippen LogP contribution in [0, 0.1) is 0 Å². The van der Waals surface area contributed by atoms with Gasteiger partial charge in [-0.3, -0.25) is 4.79 Å². The minimum absolute atomic E-state index is 0.156. The highest BCUT2D eigenvalue weighted by molar-refractivity contribution is 5.95. The first-order valence-corrected chi connectivity index (χ1v) is 7.92. The third-order valence-corrected chi connectivity index (χ3v) is 3.57. The zero-order valence-corrected chi connectivity index (χ0v) is 14.0. The first-order chi connectivity index (χ1) is 12.1. The van der Waals surface area contributed by atoms with Crippen LogP contribution in [0.4, 0.5) is 0 Å². The van der Waals surface area contributed by atoms with E-state index >= 15 is 0 Å². The van der Waals surface area contributed by atoms with Crippen molar-refractivity contribution >= 4 is 11.9 Å². The van der Waals surface area contributed by atoms with Gasteiger partial charge in [-0.25, -0.2) is 4.79 Å². The fourth-order valence-electron chi connectivity index (χ4n) is 2.15. The molecule has 2 aromatic carbocycles. The topological polar surface area (TPSA) is 84.9 Å². The van der Waals surface area contributed by atoms with E-state index in [0.29, 0.717) is 31.7 Å². The zero-order valence-electron chi connectivity index (χ0n) is 14.0. The van der Waals surface area contributed by atoms with Gasteiger partial charge in [-0.2, -0.15) is 0 Å². The number of benzene rings is 2. The van der Waals surface area contributed by atoms with Crippen LogP contribution in [0.5, 0.6) is 5.75 Å². The summed E-state index contributed by atoms with van der Waals surface area (Å²) in [6, 6.07) is 13.5. The maximum absolute atomic E-state index is 11.9. The number of rotatable bonds is 9. The molecular weight excluding hydrogens is 322 g/mol. The third kappa shape index (κ3) is 5.93. The van der Waals surface area contributed by atoms with Crippen molar-refractivity contribution in [3.63, 3.8) is 0 Å². The molecule has 132 valence electrons. The lowest BCUT2D eigenvalue weighted by Crippen LogP contribution is -2.25. The Kier molecular flexibility index (Phi) is 6.98. The number of methoxy groups -OCH3 is 1. The van der Waals surface area contributed by atoms with Crippen LogP contribution in [0.3, 0.4) is 0 Å². The largest absolute Gasteiger partial charge is 0.497 e. The lowest BCUT2D eigenvalue weighted by atomic mass is 10.1. The van der Waals surface area contributed by atoms with E-state index in [-0.39, 0.29) is 11.5 Å². The Hall–Kier alpha value is -2.86. The molecule has 0 spiro atoms. The Morgan fingerprint density at radius 2 is 1.64 bits per heavy atom. The fourth-order valence-corrected chi connectivity index (χ4v) is 2.15. The fraction of sp³-hybridized carbons (Fsp3) is 0.263. The molecule has 6 heteroatoms. The lowest BCUT2D eigenvalue weighted by Gasteiger charge is -2.07. The predicted octanol–water partition coefficient (Wildman–Crippen LogP) is 2.73. The number of carboxylic acid groups (broad SMARTS) is 1. The molecule has 0 bridgehead atoms. The van der Waals surface area contributed by atoms with E-state index in [1.807, 2.05) is 24.3 Å². The molecule has 0 aliphatic heterocycles. The van der Waals surface area contributed by atoms with Crippen LogP contribution in [0.15, 0.2) is 48.5 Å². The van der Waals surface area contributed by atoms with Gasteiger partial charge in [0.25, 0.3) is 5.91 Å². The normalized spacial score (nSPS) is 10.3. The summed E-state index contributed by atoms with van der Waals surface area (Å²) in [5, 5.41) is 11.6. The first-order valence-electron chi connectivity index (χ1n) is 7.92. The number of hydrogen-bond acceptors (Lipinski definition) is 4. The van der Waals surface area contributed by atoms with E-state index in [0.717, 1.165) is 11.3 Å². The summed E-state index contributed by atoms with van der Waals surface area (Å²) >= 11 is 0. The summed E-state index contributed by atoms with van der Waals surface area (Å²) in [5.41, 5.74) is 1.65. The van der Waals surface area contributed by atoms with Crippen LogP contribution in [-0.4, -0.2) is 37.2 Å². The highest BCUT2D eigenvalue weighted by Gasteiger charge is 2.07. The number of carboxylic acids is 1. The quantitative estimate of drug-likeness (QED) is 0.684. The van der Waals surface area contributed by atoms with Crippen molar-refractivity contribution < 1.29 is 24.2 Å². The van der Waals surface area contributed by atoms with Gasteiger partial charge in [-0.1, -0.05) is 12.1 Å². The van der Waals surface area contributed by atoms with Gasteiger partial charge >= 0.3 is 5.97 Å². The molecule has 2 N–H and O–H groups in total. The monoisotopic (exact) mass is 343 g/mol. The van der Waals surface area contributed by atoms with Gasteiger partial charge in [0.1, 0.15) is 5.75 Å². The smallest absolute Gasteiger partial charge is 0.335 e. The number of hydrogen-bond donors (Lipinski definition) is 2. The molecule has 0 fully saturated rings.